The summed E-state index contributed by atoms with van der Waals surface area (Å²) >= 11 is 0.889. The van der Waals surface area contributed by atoms with Crippen LogP contribution in [0.4, 0.5) is 11.4 Å². The number of rotatable bonds is 6. The summed E-state index contributed by atoms with van der Waals surface area (Å²) in [6.07, 6.45) is 0.865. The molecular weight excluding hydrogens is 514 g/mol. The minimum absolute atomic E-state index is 0.0780. The van der Waals surface area contributed by atoms with Gasteiger partial charge in [-0.3, -0.25) is 29.6 Å². The van der Waals surface area contributed by atoms with Crippen LogP contribution in [0.3, 0.4) is 0 Å². The summed E-state index contributed by atoms with van der Waals surface area (Å²) in [6, 6.07) is 13.0. The van der Waals surface area contributed by atoms with Crippen LogP contribution in [0.15, 0.2) is 58.9 Å². The van der Waals surface area contributed by atoms with Gasteiger partial charge in [0.2, 0.25) is 0 Å². The molecule has 1 atom stereocenters. The van der Waals surface area contributed by atoms with Crippen molar-refractivity contribution in [2.24, 2.45) is 5.73 Å². The number of benzene rings is 2. The minimum atomic E-state index is -1.14. The molecule has 0 saturated carbocycles. The molecule has 1 aromatic heterocycles. The molecule has 192 valence electrons. The largest absolute Gasteiger partial charge is 0.460 e. The lowest BCUT2D eigenvalue weighted by molar-refractivity contribution is -0.385. The van der Waals surface area contributed by atoms with Crippen LogP contribution in [0, 0.1) is 31.6 Å². The van der Waals surface area contributed by atoms with Crippen molar-refractivity contribution < 1.29 is 19.4 Å². The summed E-state index contributed by atoms with van der Waals surface area (Å²) in [5.41, 5.74) is 5.57. The molecule has 2 aromatic carbocycles. The van der Waals surface area contributed by atoms with Crippen LogP contribution in [0.2, 0.25) is 0 Å². The lowest BCUT2D eigenvalue weighted by atomic mass is 9.83. The zero-order chi connectivity index (χ0) is 27.7. The number of nitrogens with zero attached hydrogens (tertiary/aromatic N) is 4. The number of non-ortho nitro benzene ring substituents is 2. The van der Waals surface area contributed by atoms with E-state index >= 15 is 0 Å². The minimum Gasteiger partial charge on any atom is -0.460 e. The normalized spacial score (nSPS) is 15.3. The Morgan fingerprint density at radius 2 is 1.79 bits per heavy atom. The van der Waals surface area contributed by atoms with Crippen molar-refractivity contribution >= 4 is 46.2 Å². The number of ether oxygens (including phenoxy) is 1. The highest BCUT2D eigenvalue weighted by Crippen LogP contribution is 2.37. The molecule has 0 spiro atoms. The molecule has 0 fully saturated rings. The zero-order valence-corrected chi connectivity index (χ0v) is 20.8. The van der Waals surface area contributed by atoms with E-state index in [0.717, 1.165) is 15.9 Å². The van der Waals surface area contributed by atoms with Crippen molar-refractivity contribution in [1.82, 2.24) is 4.57 Å². The van der Waals surface area contributed by atoms with Gasteiger partial charge >= 0.3 is 5.97 Å². The van der Waals surface area contributed by atoms with Crippen LogP contribution in [0.1, 0.15) is 30.9 Å². The quantitative estimate of drug-likeness (QED) is 0.281. The first kappa shape index (κ1) is 26.0. The Morgan fingerprint density at radius 1 is 1.16 bits per heavy atom. The van der Waals surface area contributed by atoms with Crippen LogP contribution in [0.25, 0.3) is 17.5 Å². The third kappa shape index (κ3) is 4.67. The summed E-state index contributed by atoms with van der Waals surface area (Å²) < 4.78 is 6.64. The number of hydrogen-bond donors (Lipinski definition) is 1. The van der Waals surface area contributed by atoms with E-state index in [4.69, 9.17) is 10.5 Å². The van der Waals surface area contributed by atoms with E-state index in [9.17, 15) is 35.1 Å². The molecule has 1 unspecified atom stereocenters. The number of thiazole rings is 1. The molecule has 13 heteroatoms. The van der Waals surface area contributed by atoms with Gasteiger partial charge in [0.25, 0.3) is 16.9 Å². The van der Waals surface area contributed by atoms with Crippen molar-refractivity contribution in [1.29, 1.82) is 5.26 Å². The standard InChI is InChI=1S/C25H19N5O7S/c1-13(2)37-25(32)21-20(15-6-4-8-17(11-15)30(35)36)18(12-26)22(27)28-23(31)19(38-24(21)28)10-14-5-3-7-16(9-14)29(33)34/h3-11,13,20H,27H2,1-2H3. The molecule has 1 aliphatic heterocycles. The van der Waals surface area contributed by atoms with E-state index < -0.39 is 33.4 Å². The number of allylic oxidation sites excluding steroid dienone is 1. The van der Waals surface area contributed by atoms with Gasteiger partial charge in [-0.1, -0.05) is 24.3 Å². The predicted molar refractivity (Wildman–Crippen MR) is 138 cm³/mol. The highest BCUT2D eigenvalue weighted by molar-refractivity contribution is 7.07. The van der Waals surface area contributed by atoms with Crippen LogP contribution >= 0.6 is 11.3 Å². The number of carbonyl (C=O) groups excluding carboxylic acids is 1. The number of nitro benzene ring substituents is 2. The Labute approximate surface area is 218 Å². The van der Waals surface area contributed by atoms with Gasteiger partial charge in [-0.25, -0.2) is 4.79 Å². The van der Waals surface area contributed by atoms with Gasteiger partial charge in [-0.15, -0.1) is 11.3 Å². The van der Waals surface area contributed by atoms with Gasteiger partial charge in [0, 0.05) is 24.3 Å². The second kappa shape index (κ2) is 10.1. The number of esters is 1. The van der Waals surface area contributed by atoms with Crippen molar-refractivity contribution in [3.05, 3.63) is 105 Å². The van der Waals surface area contributed by atoms with Crippen molar-refractivity contribution in [2.45, 2.75) is 25.9 Å². The molecule has 2 heterocycles. The fourth-order valence-electron chi connectivity index (χ4n) is 4.05. The average molecular weight is 534 g/mol. The topological polar surface area (TPSA) is 184 Å². The molecular formula is C25H19N5O7S. The maximum atomic E-state index is 13.4. The lowest BCUT2D eigenvalue weighted by Gasteiger charge is -2.25. The van der Waals surface area contributed by atoms with Gasteiger partial charge in [0.15, 0.2) is 0 Å². The Bertz CT molecular complexity index is 1760. The molecule has 0 aliphatic carbocycles. The third-order valence-electron chi connectivity index (χ3n) is 5.62. The van der Waals surface area contributed by atoms with E-state index in [1.807, 2.05) is 6.07 Å². The molecule has 2 N–H and O–H groups in total. The maximum Gasteiger partial charge on any atom is 0.338 e. The Balaban J connectivity index is 2.08. The Kier molecular flexibility index (Phi) is 6.91. The first-order valence-corrected chi connectivity index (χ1v) is 11.9. The molecule has 1 aliphatic rings. The van der Waals surface area contributed by atoms with E-state index in [2.05, 4.69) is 0 Å². The molecule has 0 radical (unpaired) electrons. The first-order chi connectivity index (χ1) is 18.0. The van der Waals surface area contributed by atoms with Crippen LogP contribution in [0.5, 0.6) is 0 Å². The van der Waals surface area contributed by atoms with Gasteiger partial charge in [0.05, 0.1) is 43.6 Å². The van der Waals surface area contributed by atoms with Gasteiger partial charge in [-0.2, -0.15) is 5.26 Å². The SMILES string of the molecule is CC(C)OC(=O)C1=c2sc(=Cc3cccc([N+](=O)[O-])c3)c(=O)n2C(N)=C(C#N)C1c1cccc([N+](=O)[O-])c1. The number of fused-ring (bicyclic) bond motifs is 1. The molecule has 0 saturated heterocycles. The second-order valence-corrected chi connectivity index (χ2v) is 9.50. The van der Waals surface area contributed by atoms with Crippen molar-refractivity contribution in [2.75, 3.05) is 0 Å². The van der Waals surface area contributed by atoms with Gasteiger partial charge < -0.3 is 10.5 Å². The van der Waals surface area contributed by atoms with Crippen LogP contribution in [-0.4, -0.2) is 26.5 Å². The second-order valence-electron chi connectivity index (χ2n) is 8.47. The predicted octanol–water partition coefficient (Wildman–Crippen LogP) is 2.11. The Morgan fingerprint density at radius 3 is 2.39 bits per heavy atom. The molecule has 4 rings (SSSR count). The van der Waals surface area contributed by atoms with E-state index in [1.54, 1.807) is 19.9 Å². The molecule has 38 heavy (non-hydrogen) atoms. The van der Waals surface area contributed by atoms with Crippen molar-refractivity contribution in [3.8, 4) is 6.07 Å². The molecule has 0 bridgehead atoms. The number of carbonyl (C=O) groups is 1. The number of aromatic nitrogens is 1. The number of nitriles is 1. The number of hydrogen-bond acceptors (Lipinski definition) is 10. The fraction of sp³-hybridized carbons (Fsp3) is 0.160. The smallest absolute Gasteiger partial charge is 0.338 e. The zero-order valence-electron chi connectivity index (χ0n) is 20.0. The van der Waals surface area contributed by atoms with Crippen LogP contribution < -0.4 is 20.5 Å². The van der Waals surface area contributed by atoms with Crippen LogP contribution in [-0.2, 0) is 9.53 Å². The van der Waals surface area contributed by atoms with E-state index in [0.29, 0.717) is 5.56 Å². The summed E-state index contributed by atoms with van der Waals surface area (Å²) in [5.74, 6) is -2.21. The Hall–Kier alpha value is -5.09. The summed E-state index contributed by atoms with van der Waals surface area (Å²) in [5, 5.41) is 32.6. The summed E-state index contributed by atoms with van der Waals surface area (Å²) in [6.45, 7) is 3.25. The summed E-state index contributed by atoms with van der Waals surface area (Å²) in [4.78, 5) is 48.2. The van der Waals surface area contributed by atoms with Gasteiger partial charge in [0.1, 0.15) is 10.5 Å². The number of nitro groups is 2. The number of nitrogens with two attached hydrogens (primary N) is 1. The van der Waals surface area contributed by atoms with E-state index in [-0.39, 0.29) is 43.1 Å². The average Bonchev–Trinajstić information content (AvgIpc) is 3.19. The fourth-order valence-corrected chi connectivity index (χ4v) is 5.22. The first-order valence-electron chi connectivity index (χ1n) is 11.1. The highest BCUT2D eigenvalue weighted by Gasteiger charge is 2.37. The van der Waals surface area contributed by atoms with Gasteiger partial charge in [-0.05, 0) is 31.1 Å². The maximum absolute atomic E-state index is 13.4. The molecule has 12 nitrogen and oxygen atoms in total. The van der Waals surface area contributed by atoms with E-state index in [1.165, 1.54) is 48.5 Å². The molecule has 0 amide bonds. The third-order valence-corrected chi connectivity index (χ3v) is 6.73. The monoisotopic (exact) mass is 533 g/mol. The summed E-state index contributed by atoms with van der Waals surface area (Å²) in [7, 11) is 0. The molecule has 3 aromatic rings. The lowest BCUT2D eigenvalue weighted by Crippen LogP contribution is -2.40. The highest BCUT2D eigenvalue weighted by atomic mass is 32.1. The van der Waals surface area contributed by atoms with Crippen molar-refractivity contribution in [3.63, 3.8) is 0 Å².